The lowest BCUT2D eigenvalue weighted by Gasteiger charge is -2.32. The number of para-hydroxylation sites is 1. The van der Waals surface area contributed by atoms with Crippen molar-refractivity contribution < 1.29 is 18.7 Å². The Kier molecular flexibility index (Phi) is 7.22. The van der Waals surface area contributed by atoms with E-state index in [1.165, 1.54) is 12.1 Å². The Morgan fingerprint density at radius 1 is 1.17 bits per heavy atom. The number of halogens is 1. The SMILES string of the molecule is COc1ccccc1CCNC(=O)C1CCCN(C(=O)Cc2ccc(F)cc2)C1. The highest BCUT2D eigenvalue weighted by atomic mass is 19.1. The van der Waals surface area contributed by atoms with Gasteiger partial charge in [0.1, 0.15) is 11.6 Å². The number of rotatable bonds is 7. The van der Waals surface area contributed by atoms with Crippen LogP contribution in [-0.4, -0.2) is 43.5 Å². The van der Waals surface area contributed by atoms with Gasteiger partial charge in [-0.25, -0.2) is 4.39 Å². The average Bonchev–Trinajstić information content (AvgIpc) is 2.75. The molecule has 1 unspecified atom stereocenters. The number of benzene rings is 2. The highest BCUT2D eigenvalue weighted by Crippen LogP contribution is 2.19. The summed E-state index contributed by atoms with van der Waals surface area (Å²) in [6.07, 6.45) is 2.50. The zero-order valence-corrected chi connectivity index (χ0v) is 16.7. The van der Waals surface area contributed by atoms with Crippen LogP contribution in [0.15, 0.2) is 48.5 Å². The van der Waals surface area contributed by atoms with Crippen molar-refractivity contribution in [1.82, 2.24) is 10.2 Å². The fourth-order valence-electron chi connectivity index (χ4n) is 3.68. The van der Waals surface area contributed by atoms with Gasteiger partial charge in [0.15, 0.2) is 0 Å². The summed E-state index contributed by atoms with van der Waals surface area (Å²) in [5.74, 6) is 0.266. The Balaban J connectivity index is 1.48. The normalized spacial score (nSPS) is 16.3. The largest absolute Gasteiger partial charge is 0.496 e. The third-order valence-electron chi connectivity index (χ3n) is 5.30. The molecule has 2 aromatic carbocycles. The quantitative estimate of drug-likeness (QED) is 0.780. The smallest absolute Gasteiger partial charge is 0.227 e. The molecule has 1 saturated heterocycles. The van der Waals surface area contributed by atoms with Gasteiger partial charge in [-0.2, -0.15) is 0 Å². The molecule has 1 heterocycles. The van der Waals surface area contributed by atoms with Gasteiger partial charge in [-0.3, -0.25) is 9.59 Å². The summed E-state index contributed by atoms with van der Waals surface area (Å²) >= 11 is 0. The van der Waals surface area contributed by atoms with Crippen LogP contribution in [0.2, 0.25) is 0 Å². The maximum absolute atomic E-state index is 13.0. The lowest BCUT2D eigenvalue weighted by atomic mass is 9.96. The minimum absolute atomic E-state index is 0.0146. The molecule has 1 N–H and O–H groups in total. The van der Waals surface area contributed by atoms with Crippen molar-refractivity contribution in [3.05, 3.63) is 65.5 Å². The number of likely N-dealkylation sites (tertiary alicyclic amines) is 1. The molecule has 2 amide bonds. The third-order valence-corrected chi connectivity index (χ3v) is 5.30. The van der Waals surface area contributed by atoms with Gasteiger partial charge in [0.05, 0.1) is 19.4 Å². The van der Waals surface area contributed by atoms with E-state index in [1.807, 2.05) is 24.3 Å². The topological polar surface area (TPSA) is 58.6 Å². The van der Waals surface area contributed by atoms with E-state index in [4.69, 9.17) is 4.74 Å². The second-order valence-electron chi connectivity index (χ2n) is 7.34. The number of piperidine rings is 1. The van der Waals surface area contributed by atoms with Gasteiger partial charge in [-0.15, -0.1) is 0 Å². The number of hydrogen-bond donors (Lipinski definition) is 1. The van der Waals surface area contributed by atoms with Crippen LogP contribution in [0.5, 0.6) is 5.75 Å². The third kappa shape index (κ3) is 5.79. The molecule has 3 rings (SSSR count). The minimum Gasteiger partial charge on any atom is -0.496 e. The van der Waals surface area contributed by atoms with Crippen LogP contribution in [0.4, 0.5) is 4.39 Å². The van der Waals surface area contributed by atoms with Crippen molar-refractivity contribution in [2.75, 3.05) is 26.7 Å². The summed E-state index contributed by atoms with van der Waals surface area (Å²) in [5, 5.41) is 2.99. The van der Waals surface area contributed by atoms with E-state index < -0.39 is 0 Å². The van der Waals surface area contributed by atoms with Gasteiger partial charge >= 0.3 is 0 Å². The number of amides is 2. The summed E-state index contributed by atoms with van der Waals surface area (Å²) in [5.41, 5.74) is 1.83. The Bertz CT molecular complexity index is 838. The van der Waals surface area contributed by atoms with Gasteiger partial charge < -0.3 is 15.0 Å². The number of carbonyl (C=O) groups is 2. The number of carbonyl (C=O) groups excluding carboxylic acids is 2. The van der Waals surface area contributed by atoms with Crippen LogP contribution in [0.3, 0.4) is 0 Å². The fourth-order valence-corrected chi connectivity index (χ4v) is 3.68. The molecule has 2 aromatic rings. The zero-order valence-electron chi connectivity index (χ0n) is 16.7. The molecule has 0 radical (unpaired) electrons. The maximum atomic E-state index is 13.0. The van der Waals surface area contributed by atoms with Crippen molar-refractivity contribution in [2.45, 2.75) is 25.7 Å². The molecule has 0 aliphatic carbocycles. The van der Waals surface area contributed by atoms with E-state index in [9.17, 15) is 14.0 Å². The lowest BCUT2D eigenvalue weighted by Crippen LogP contribution is -2.46. The number of nitrogens with zero attached hydrogens (tertiary/aromatic N) is 1. The Morgan fingerprint density at radius 2 is 1.93 bits per heavy atom. The number of ether oxygens (including phenoxy) is 1. The standard InChI is InChI=1S/C23H27FN2O3/c1-29-21-7-3-2-5-18(21)12-13-25-23(28)19-6-4-14-26(16-19)22(27)15-17-8-10-20(24)11-9-17/h2-3,5,7-11,19H,4,6,12-16H2,1H3,(H,25,28). The van der Waals surface area contributed by atoms with Crippen molar-refractivity contribution in [1.29, 1.82) is 0 Å². The van der Waals surface area contributed by atoms with Crippen LogP contribution in [0.1, 0.15) is 24.0 Å². The Labute approximate surface area is 170 Å². The fraction of sp³-hybridized carbons (Fsp3) is 0.391. The van der Waals surface area contributed by atoms with Crippen LogP contribution in [-0.2, 0) is 22.4 Å². The molecular weight excluding hydrogens is 371 g/mol. The molecule has 29 heavy (non-hydrogen) atoms. The summed E-state index contributed by atoms with van der Waals surface area (Å²) in [6.45, 7) is 1.62. The molecule has 1 fully saturated rings. The summed E-state index contributed by atoms with van der Waals surface area (Å²) in [6, 6.07) is 13.7. The van der Waals surface area contributed by atoms with Gasteiger partial charge in [-0.1, -0.05) is 30.3 Å². The first-order valence-corrected chi connectivity index (χ1v) is 9.98. The maximum Gasteiger partial charge on any atom is 0.227 e. The van der Waals surface area contributed by atoms with Crippen molar-refractivity contribution >= 4 is 11.8 Å². The van der Waals surface area contributed by atoms with E-state index >= 15 is 0 Å². The Morgan fingerprint density at radius 3 is 2.69 bits per heavy atom. The molecule has 6 heteroatoms. The number of nitrogens with one attached hydrogen (secondary N) is 1. The van der Waals surface area contributed by atoms with E-state index in [1.54, 1.807) is 24.1 Å². The van der Waals surface area contributed by atoms with E-state index in [0.717, 1.165) is 29.7 Å². The molecular formula is C23H27FN2O3. The molecule has 0 spiro atoms. The van der Waals surface area contributed by atoms with E-state index in [0.29, 0.717) is 26.1 Å². The summed E-state index contributed by atoms with van der Waals surface area (Å²) in [7, 11) is 1.64. The molecule has 5 nitrogen and oxygen atoms in total. The highest BCUT2D eigenvalue weighted by Gasteiger charge is 2.28. The summed E-state index contributed by atoms with van der Waals surface area (Å²) < 4.78 is 18.4. The van der Waals surface area contributed by atoms with Crippen LogP contribution < -0.4 is 10.1 Å². The predicted molar refractivity (Wildman–Crippen MR) is 109 cm³/mol. The van der Waals surface area contributed by atoms with Crippen LogP contribution >= 0.6 is 0 Å². The molecule has 1 aliphatic heterocycles. The molecule has 1 atom stereocenters. The monoisotopic (exact) mass is 398 g/mol. The van der Waals surface area contributed by atoms with Gasteiger partial charge in [-0.05, 0) is 48.6 Å². The van der Waals surface area contributed by atoms with Crippen molar-refractivity contribution in [2.24, 2.45) is 5.92 Å². The van der Waals surface area contributed by atoms with Gasteiger partial charge in [0.2, 0.25) is 11.8 Å². The molecule has 0 saturated carbocycles. The number of methoxy groups -OCH3 is 1. The predicted octanol–water partition coefficient (Wildman–Crippen LogP) is 2.97. The van der Waals surface area contributed by atoms with E-state index in [2.05, 4.69) is 5.32 Å². The first-order valence-electron chi connectivity index (χ1n) is 9.98. The molecule has 154 valence electrons. The van der Waals surface area contributed by atoms with Crippen LogP contribution in [0, 0.1) is 11.7 Å². The first kappa shape index (κ1) is 20.8. The van der Waals surface area contributed by atoms with Gasteiger partial charge in [0.25, 0.3) is 0 Å². The van der Waals surface area contributed by atoms with E-state index in [-0.39, 0.29) is 30.0 Å². The lowest BCUT2D eigenvalue weighted by molar-refractivity contribution is -0.135. The molecule has 0 bridgehead atoms. The van der Waals surface area contributed by atoms with Crippen molar-refractivity contribution in [3.63, 3.8) is 0 Å². The second kappa shape index (κ2) is 10.0. The first-order chi connectivity index (χ1) is 14.1. The van der Waals surface area contributed by atoms with Crippen LogP contribution in [0.25, 0.3) is 0 Å². The molecule has 0 aromatic heterocycles. The Hall–Kier alpha value is -2.89. The van der Waals surface area contributed by atoms with Crippen molar-refractivity contribution in [3.8, 4) is 5.75 Å². The zero-order chi connectivity index (χ0) is 20.6. The second-order valence-corrected chi connectivity index (χ2v) is 7.34. The number of hydrogen-bond acceptors (Lipinski definition) is 3. The average molecular weight is 398 g/mol. The highest BCUT2D eigenvalue weighted by molar-refractivity contribution is 5.82. The summed E-state index contributed by atoms with van der Waals surface area (Å²) in [4.78, 5) is 26.9. The minimum atomic E-state index is -0.316. The van der Waals surface area contributed by atoms with Gasteiger partial charge in [0, 0.05) is 19.6 Å². The molecule has 1 aliphatic rings.